The summed E-state index contributed by atoms with van der Waals surface area (Å²) in [7, 11) is 0. The largest absolute Gasteiger partial charge is 0.331 e. The van der Waals surface area contributed by atoms with E-state index in [1.165, 1.54) is 0 Å². The highest BCUT2D eigenvalue weighted by Crippen LogP contribution is 2.22. The molecule has 4 heteroatoms. The molecule has 3 aromatic rings. The average Bonchev–Trinajstić information content (AvgIpc) is 2.66. The van der Waals surface area contributed by atoms with E-state index in [-0.39, 0.29) is 5.69 Å². The predicted octanol–water partition coefficient (Wildman–Crippen LogP) is 3.28. The zero-order valence-electron chi connectivity index (χ0n) is 9.77. The van der Waals surface area contributed by atoms with Gasteiger partial charge in [0.1, 0.15) is 0 Å². The van der Waals surface area contributed by atoms with Gasteiger partial charge in [0.25, 0.3) is 0 Å². The molecule has 0 saturated carbocycles. The minimum Gasteiger partial charge on any atom is -0.305 e. The molecule has 0 aliphatic heterocycles. The normalized spacial score (nSPS) is 11.0. The summed E-state index contributed by atoms with van der Waals surface area (Å²) in [5, 5.41) is 0.557. The van der Waals surface area contributed by atoms with Gasteiger partial charge in [-0.15, -0.1) is 0 Å². The Bertz CT molecular complexity index is 786. The standard InChI is InChI=1S/C14H11ClN2O/c1-9-6-7-11-13(8-9)17(14(18)16-11)12-5-3-2-4-10(12)15/h2-8H,1H3,(H,16,18). The molecular formula is C14H11ClN2O. The fourth-order valence-corrected chi connectivity index (χ4v) is 2.31. The molecular weight excluding hydrogens is 248 g/mol. The zero-order valence-corrected chi connectivity index (χ0v) is 10.5. The van der Waals surface area contributed by atoms with Crippen molar-refractivity contribution in [1.29, 1.82) is 0 Å². The van der Waals surface area contributed by atoms with Gasteiger partial charge in [0, 0.05) is 0 Å². The first kappa shape index (κ1) is 11.1. The summed E-state index contributed by atoms with van der Waals surface area (Å²) < 4.78 is 1.60. The lowest BCUT2D eigenvalue weighted by Gasteiger charge is -2.05. The number of aryl methyl sites for hydroxylation is 1. The van der Waals surface area contributed by atoms with Crippen molar-refractivity contribution in [3.8, 4) is 5.69 Å². The molecule has 0 fully saturated rings. The van der Waals surface area contributed by atoms with E-state index >= 15 is 0 Å². The minimum atomic E-state index is -0.177. The van der Waals surface area contributed by atoms with Gasteiger partial charge in [0.15, 0.2) is 0 Å². The molecule has 3 rings (SSSR count). The summed E-state index contributed by atoms with van der Waals surface area (Å²) in [6.45, 7) is 1.99. The Balaban J connectivity index is 2.42. The van der Waals surface area contributed by atoms with E-state index in [0.29, 0.717) is 10.7 Å². The molecule has 0 aliphatic rings. The maximum atomic E-state index is 12.1. The molecule has 0 bridgehead atoms. The molecule has 1 heterocycles. The molecule has 3 nitrogen and oxygen atoms in total. The van der Waals surface area contributed by atoms with Gasteiger partial charge in [-0.05, 0) is 36.8 Å². The maximum Gasteiger partial charge on any atom is 0.331 e. The van der Waals surface area contributed by atoms with E-state index in [9.17, 15) is 4.79 Å². The Labute approximate surface area is 109 Å². The molecule has 0 amide bonds. The molecule has 0 saturated heterocycles. The van der Waals surface area contributed by atoms with Crippen molar-refractivity contribution in [1.82, 2.24) is 9.55 Å². The number of aromatic nitrogens is 2. The molecule has 18 heavy (non-hydrogen) atoms. The summed E-state index contributed by atoms with van der Waals surface area (Å²) in [4.78, 5) is 14.9. The third-order valence-electron chi connectivity index (χ3n) is 2.93. The van der Waals surface area contributed by atoms with Crippen molar-refractivity contribution in [2.45, 2.75) is 6.92 Å². The van der Waals surface area contributed by atoms with Crippen LogP contribution in [0.15, 0.2) is 47.3 Å². The number of aromatic amines is 1. The summed E-state index contributed by atoms with van der Waals surface area (Å²) in [6, 6.07) is 13.2. The summed E-state index contributed by atoms with van der Waals surface area (Å²) in [6.07, 6.45) is 0. The predicted molar refractivity (Wildman–Crippen MR) is 73.6 cm³/mol. The molecule has 1 aromatic heterocycles. The molecule has 0 aliphatic carbocycles. The fourth-order valence-electron chi connectivity index (χ4n) is 2.09. The van der Waals surface area contributed by atoms with Crippen LogP contribution in [0.25, 0.3) is 16.7 Å². The maximum absolute atomic E-state index is 12.1. The molecule has 0 spiro atoms. The van der Waals surface area contributed by atoms with Crippen molar-refractivity contribution in [2.24, 2.45) is 0 Å². The van der Waals surface area contributed by atoms with Gasteiger partial charge in [-0.25, -0.2) is 4.79 Å². The van der Waals surface area contributed by atoms with Crippen LogP contribution in [0.2, 0.25) is 5.02 Å². The first-order valence-corrected chi connectivity index (χ1v) is 6.01. The number of nitrogens with zero attached hydrogens (tertiary/aromatic N) is 1. The van der Waals surface area contributed by atoms with E-state index in [1.807, 2.05) is 43.3 Å². The molecule has 1 N–H and O–H groups in total. The highest BCUT2D eigenvalue weighted by Gasteiger charge is 2.10. The van der Waals surface area contributed by atoms with Crippen LogP contribution in [0.3, 0.4) is 0 Å². The molecule has 2 aromatic carbocycles. The molecule has 0 radical (unpaired) electrons. The second-order valence-electron chi connectivity index (χ2n) is 4.24. The van der Waals surface area contributed by atoms with Gasteiger partial charge in [-0.2, -0.15) is 0 Å². The lowest BCUT2D eigenvalue weighted by molar-refractivity contribution is 1.02. The van der Waals surface area contributed by atoms with Crippen LogP contribution in [0.1, 0.15) is 5.56 Å². The topological polar surface area (TPSA) is 37.8 Å². The van der Waals surface area contributed by atoms with E-state index in [2.05, 4.69) is 4.98 Å². The Morgan fingerprint density at radius 2 is 1.94 bits per heavy atom. The van der Waals surface area contributed by atoms with Crippen LogP contribution in [0, 0.1) is 6.92 Å². The van der Waals surface area contributed by atoms with Gasteiger partial charge in [-0.3, -0.25) is 4.57 Å². The van der Waals surface area contributed by atoms with Gasteiger partial charge < -0.3 is 4.98 Å². The number of halogens is 1. The van der Waals surface area contributed by atoms with Gasteiger partial charge in [-0.1, -0.05) is 29.8 Å². The second kappa shape index (κ2) is 4.03. The number of rotatable bonds is 1. The SMILES string of the molecule is Cc1ccc2[nH]c(=O)n(-c3ccccc3Cl)c2c1. The number of benzene rings is 2. The Hall–Kier alpha value is -2.00. The highest BCUT2D eigenvalue weighted by atomic mass is 35.5. The number of hydrogen-bond donors (Lipinski definition) is 1. The molecule has 0 unspecified atom stereocenters. The summed E-state index contributed by atoms with van der Waals surface area (Å²) >= 11 is 6.15. The Morgan fingerprint density at radius 1 is 1.17 bits per heavy atom. The zero-order chi connectivity index (χ0) is 12.7. The number of nitrogens with one attached hydrogen (secondary N) is 1. The Morgan fingerprint density at radius 3 is 2.72 bits per heavy atom. The number of imidazole rings is 1. The van der Waals surface area contributed by atoms with Crippen LogP contribution < -0.4 is 5.69 Å². The number of hydrogen-bond acceptors (Lipinski definition) is 1. The summed E-state index contributed by atoms with van der Waals surface area (Å²) in [5.41, 5.74) is 3.27. The van der Waals surface area contributed by atoms with Crippen molar-refractivity contribution >= 4 is 22.6 Å². The third kappa shape index (κ3) is 1.64. The quantitative estimate of drug-likeness (QED) is 0.715. The Kier molecular flexibility index (Phi) is 2.49. The third-order valence-corrected chi connectivity index (χ3v) is 3.25. The van der Waals surface area contributed by atoms with E-state index in [1.54, 1.807) is 10.6 Å². The lowest BCUT2D eigenvalue weighted by atomic mass is 10.2. The minimum absolute atomic E-state index is 0.177. The van der Waals surface area contributed by atoms with Crippen LogP contribution in [-0.2, 0) is 0 Å². The van der Waals surface area contributed by atoms with Crippen molar-refractivity contribution in [3.05, 3.63) is 63.5 Å². The molecule has 0 atom stereocenters. The van der Waals surface area contributed by atoms with Gasteiger partial charge in [0.2, 0.25) is 0 Å². The van der Waals surface area contributed by atoms with Crippen molar-refractivity contribution < 1.29 is 0 Å². The average molecular weight is 259 g/mol. The number of H-pyrrole nitrogens is 1. The first-order valence-electron chi connectivity index (χ1n) is 5.63. The van der Waals surface area contributed by atoms with Crippen LogP contribution in [0.4, 0.5) is 0 Å². The van der Waals surface area contributed by atoms with E-state index < -0.39 is 0 Å². The second-order valence-corrected chi connectivity index (χ2v) is 4.64. The van der Waals surface area contributed by atoms with Gasteiger partial charge in [0.05, 0.1) is 21.7 Å². The summed E-state index contributed by atoms with van der Waals surface area (Å²) in [5.74, 6) is 0. The fraction of sp³-hybridized carbons (Fsp3) is 0.0714. The van der Waals surface area contributed by atoms with Crippen LogP contribution in [-0.4, -0.2) is 9.55 Å². The van der Waals surface area contributed by atoms with Gasteiger partial charge >= 0.3 is 5.69 Å². The smallest absolute Gasteiger partial charge is 0.305 e. The first-order chi connectivity index (χ1) is 8.66. The molecule has 90 valence electrons. The van der Waals surface area contributed by atoms with Crippen molar-refractivity contribution in [2.75, 3.05) is 0 Å². The van der Waals surface area contributed by atoms with E-state index in [0.717, 1.165) is 16.6 Å². The van der Waals surface area contributed by atoms with Crippen LogP contribution >= 0.6 is 11.6 Å². The lowest BCUT2D eigenvalue weighted by Crippen LogP contribution is -2.14. The van der Waals surface area contributed by atoms with Crippen molar-refractivity contribution in [3.63, 3.8) is 0 Å². The highest BCUT2D eigenvalue weighted by molar-refractivity contribution is 6.32. The number of para-hydroxylation sites is 1. The van der Waals surface area contributed by atoms with E-state index in [4.69, 9.17) is 11.6 Å². The van der Waals surface area contributed by atoms with Crippen LogP contribution in [0.5, 0.6) is 0 Å². The monoisotopic (exact) mass is 258 g/mol. The number of fused-ring (bicyclic) bond motifs is 1.